The molecule has 0 aromatic heterocycles. The molecule has 1 unspecified atom stereocenters. The molecule has 1 aliphatic rings. The van der Waals surface area contributed by atoms with Crippen molar-refractivity contribution in [2.24, 2.45) is 0 Å². The third kappa shape index (κ3) is 5.45. The lowest BCUT2D eigenvalue weighted by atomic mass is 9.95. The number of nitrogens with one attached hydrogen (secondary N) is 2. The topological polar surface area (TPSA) is 145 Å². The molecule has 1 atom stereocenters. The van der Waals surface area contributed by atoms with Gasteiger partial charge in [-0.2, -0.15) is 0 Å². The average molecular weight is 509 g/mol. The Labute approximate surface area is 201 Å². The maximum absolute atomic E-state index is 13.6. The molecule has 3 N–H and O–H groups in total. The zero-order chi connectivity index (χ0) is 26.1. The van der Waals surface area contributed by atoms with Crippen molar-refractivity contribution in [1.82, 2.24) is 10.2 Å². The highest BCUT2D eigenvalue weighted by Gasteiger charge is 2.43. The summed E-state index contributed by atoms with van der Waals surface area (Å²) in [6.07, 6.45) is -2.30. The molecule has 2 aromatic rings. The summed E-state index contributed by atoms with van der Waals surface area (Å²) in [5, 5.41) is 13.8. The van der Waals surface area contributed by atoms with Crippen LogP contribution in [0.2, 0.25) is 0 Å². The van der Waals surface area contributed by atoms with Crippen molar-refractivity contribution in [3.63, 3.8) is 0 Å². The van der Waals surface area contributed by atoms with Gasteiger partial charge in [-0.05, 0) is 56.3 Å². The van der Waals surface area contributed by atoms with Gasteiger partial charge in [-0.3, -0.25) is 19.2 Å². The molecule has 188 valence electrons. The predicted molar refractivity (Wildman–Crippen MR) is 124 cm³/mol. The van der Waals surface area contributed by atoms with Gasteiger partial charge in [0.1, 0.15) is 17.7 Å². The van der Waals surface area contributed by atoms with Crippen molar-refractivity contribution in [2.75, 3.05) is 30.3 Å². The quantitative estimate of drug-likeness (QED) is 0.523. The molecule has 2 aromatic carbocycles. The fourth-order valence-electron chi connectivity index (χ4n) is 3.42. The molecule has 0 spiro atoms. The lowest BCUT2D eigenvalue weighted by Crippen LogP contribution is -2.61. The summed E-state index contributed by atoms with van der Waals surface area (Å²) in [5.74, 6) is -2.21. The minimum atomic E-state index is -4.27. The van der Waals surface area contributed by atoms with Gasteiger partial charge >= 0.3 is 17.9 Å². The molecule has 0 fully saturated rings. The zero-order valence-corrected chi connectivity index (χ0v) is 20.2. The standard InChI is InChI=1S/C22H25FN4O7S/c1-22(2,25-19(28)20(29)26(3)4)18-12-27(35(32,33)15-8-5-13(23)6-9-15)16-11-14(24-21(30)31)7-10-17(16)34-18/h5-11,18,24H,12H2,1-4H3,(H,25,28)(H,30,31). The van der Waals surface area contributed by atoms with E-state index in [0.717, 1.165) is 33.5 Å². The van der Waals surface area contributed by atoms with E-state index < -0.39 is 45.4 Å². The Morgan fingerprint density at radius 3 is 2.34 bits per heavy atom. The van der Waals surface area contributed by atoms with Crippen LogP contribution < -0.4 is 19.7 Å². The number of likely N-dealkylation sites (N-methyl/N-ethyl adjacent to an activating group) is 1. The van der Waals surface area contributed by atoms with Gasteiger partial charge in [0.2, 0.25) is 0 Å². The van der Waals surface area contributed by atoms with E-state index in [0.29, 0.717) is 0 Å². The van der Waals surface area contributed by atoms with Crippen LogP contribution in [0.4, 0.5) is 20.6 Å². The number of benzene rings is 2. The van der Waals surface area contributed by atoms with Gasteiger partial charge in [-0.15, -0.1) is 0 Å². The van der Waals surface area contributed by atoms with Crippen LogP contribution in [0.3, 0.4) is 0 Å². The number of carboxylic acid groups (broad SMARTS) is 1. The normalized spacial score (nSPS) is 15.5. The van der Waals surface area contributed by atoms with Crippen LogP contribution in [0.5, 0.6) is 5.75 Å². The average Bonchev–Trinajstić information content (AvgIpc) is 2.77. The Kier molecular flexibility index (Phi) is 6.92. The van der Waals surface area contributed by atoms with Crippen molar-refractivity contribution in [2.45, 2.75) is 30.4 Å². The van der Waals surface area contributed by atoms with E-state index >= 15 is 0 Å². The maximum atomic E-state index is 13.6. The molecular formula is C22H25FN4O7S. The smallest absolute Gasteiger partial charge is 0.409 e. The lowest BCUT2D eigenvalue weighted by molar-refractivity contribution is -0.145. The molecular weight excluding hydrogens is 483 g/mol. The van der Waals surface area contributed by atoms with Gasteiger partial charge in [-0.25, -0.2) is 17.6 Å². The molecule has 0 aliphatic carbocycles. The minimum absolute atomic E-state index is 0.0447. The molecule has 3 rings (SSSR count). The van der Waals surface area contributed by atoms with E-state index in [1.54, 1.807) is 13.8 Å². The fourth-order valence-corrected chi connectivity index (χ4v) is 4.89. The first-order chi connectivity index (χ1) is 16.2. The van der Waals surface area contributed by atoms with Crippen molar-refractivity contribution < 1.29 is 37.0 Å². The summed E-state index contributed by atoms with van der Waals surface area (Å²) in [4.78, 5) is 36.4. The first kappa shape index (κ1) is 25.7. The summed E-state index contributed by atoms with van der Waals surface area (Å²) < 4.78 is 47.5. The molecule has 0 bridgehead atoms. The summed E-state index contributed by atoms with van der Waals surface area (Å²) in [5.41, 5.74) is -1.07. The van der Waals surface area contributed by atoms with E-state index in [-0.39, 0.29) is 28.6 Å². The highest BCUT2D eigenvalue weighted by atomic mass is 32.2. The molecule has 0 saturated carbocycles. The molecule has 1 aliphatic heterocycles. The van der Waals surface area contributed by atoms with Gasteiger partial charge in [0.05, 0.1) is 22.7 Å². The summed E-state index contributed by atoms with van der Waals surface area (Å²) in [7, 11) is -1.43. The monoisotopic (exact) mass is 508 g/mol. The number of hydrogen-bond acceptors (Lipinski definition) is 6. The number of nitrogens with zero attached hydrogens (tertiary/aromatic N) is 2. The number of hydrogen-bond donors (Lipinski definition) is 3. The van der Waals surface area contributed by atoms with E-state index in [2.05, 4.69) is 10.6 Å². The van der Waals surface area contributed by atoms with Crippen LogP contribution in [0.15, 0.2) is 47.4 Å². The fraction of sp³-hybridized carbons (Fsp3) is 0.318. The van der Waals surface area contributed by atoms with Crippen LogP contribution in [-0.2, 0) is 19.6 Å². The Morgan fingerprint density at radius 1 is 1.14 bits per heavy atom. The largest absolute Gasteiger partial charge is 0.484 e. The third-order valence-electron chi connectivity index (χ3n) is 5.32. The molecule has 3 amide bonds. The number of carbonyl (C=O) groups excluding carboxylic acids is 2. The number of ether oxygens (including phenoxy) is 1. The summed E-state index contributed by atoms with van der Waals surface area (Å²) >= 11 is 0. The van der Waals surface area contributed by atoms with Gasteiger partial charge in [0.25, 0.3) is 10.0 Å². The molecule has 0 radical (unpaired) electrons. The van der Waals surface area contributed by atoms with Crippen molar-refractivity contribution in [1.29, 1.82) is 0 Å². The van der Waals surface area contributed by atoms with Crippen molar-refractivity contribution >= 4 is 39.3 Å². The second-order valence-corrected chi connectivity index (χ2v) is 10.4. The van der Waals surface area contributed by atoms with Crippen LogP contribution in [0.1, 0.15) is 13.8 Å². The van der Waals surface area contributed by atoms with E-state index in [1.165, 1.54) is 32.3 Å². The summed E-state index contributed by atoms with van der Waals surface area (Å²) in [6.45, 7) is 2.85. The Balaban J connectivity index is 2.05. The van der Waals surface area contributed by atoms with Crippen LogP contribution >= 0.6 is 0 Å². The molecule has 0 saturated heterocycles. The van der Waals surface area contributed by atoms with Crippen LogP contribution in [-0.4, -0.2) is 68.6 Å². The van der Waals surface area contributed by atoms with Gasteiger partial charge < -0.3 is 20.1 Å². The SMILES string of the molecule is CN(C)C(=O)C(=O)NC(C)(C)C1CN(S(=O)(=O)c2ccc(F)cc2)c2cc(NC(=O)O)ccc2O1. The Bertz CT molecular complexity index is 1260. The predicted octanol–water partition coefficient (Wildman–Crippen LogP) is 1.85. The molecule has 11 nitrogen and oxygen atoms in total. The second-order valence-electron chi connectivity index (χ2n) is 8.58. The second kappa shape index (κ2) is 9.41. The first-order valence-corrected chi connectivity index (χ1v) is 11.8. The van der Waals surface area contributed by atoms with E-state index in [9.17, 15) is 27.2 Å². The Hall–Kier alpha value is -3.87. The zero-order valence-electron chi connectivity index (χ0n) is 19.4. The van der Waals surface area contributed by atoms with Gasteiger partial charge in [0, 0.05) is 19.8 Å². The van der Waals surface area contributed by atoms with E-state index in [1.807, 2.05) is 0 Å². The minimum Gasteiger partial charge on any atom is -0.484 e. The Morgan fingerprint density at radius 2 is 1.77 bits per heavy atom. The molecule has 13 heteroatoms. The number of sulfonamides is 1. The van der Waals surface area contributed by atoms with Crippen LogP contribution in [0.25, 0.3) is 0 Å². The first-order valence-electron chi connectivity index (χ1n) is 10.3. The highest BCUT2D eigenvalue weighted by molar-refractivity contribution is 7.92. The van der Waals surface area contributed by atoms with Crippen molar-refractivity contribution in [3.8, 4) is 5.75 Å². The number of fused-ring (bicyclic) bond motifs is 1. The number of rotatable bonds is 5. The molecule has 35 heavy (non-hydrogen) atoms. The number of amides is 3. The number of halogens is 1. The number of carbonyl (C=O) groups is 3. The van der Waals surface area contributed by atoms with Crippen molar-refractivity contribution in [3.05, 3.63) is 48.3 Å². The molecule has 1 heterocycles. The van der Waals surface area contributed by atoms with Crippen LogP contribution in [0, 0.1) is 5.82 Å². The third-order valence-corrected chi connectivity index (χ3v) is 7.12. The van der Waals surface area contributed by atoms with Gasteiger partial charge in [-0.1, -0.05) is 0 Å². The summed E-state index contributed by atoms with van der Waals surface area (Å²) in [6, 6.07) is 8.30. The maximum Gasteiger partial charge on any atom is 0.409 e. The lowest BCUT2D eigenvalue weighted by Gasteiger charge is -2.42. The highest BCUT2D eigenvalue weighted by Crippen LogP contribution is 2.40. The van der Waals surface area contributed by atoms with E-state index in [4.69, 9.17) is 9.84 Å². The number of anilines is 2. The van der Waals surface area contributed by atoms with Gasteiger partial charge in [0.15, 0.2) is 0 Å².